The quantitative estimate of drug-likeness (QED) is 0.853. The first kappa shape index (κ1) is 17.6. The number of nitrogens with zero attached hydrogens (tertiary/aromatic N) is 1. The maximum absolute atomic E-state index is 12.4. The maximum atomic E-state index is 12.4. The third-order valence-corrected chi connectivity index (χ3v) is 7.49. The van der Waals surface area contributed by atoms with E-state index in [9.17, 15) is 8.42 Å². The molecule has 0 aliphatic carbocycles. The normalized spacial score (nSPS) is 18.5. The van der Waals surface area contributed by atoms with Crippen molar-refractivity contribution in [1.29, 1.82) is 0 Å². The number of benzene rings is 1. The van der Waals surface area contributed by atoms with Crippen molar-refractivity contribution >= 4 is 21.4 Å². The van der Waals surface area contributed by atoms with Gasteiger partial charge in [0.25, 0.3) is 0 Å². The number of sulfonamides is 1. The highest BCUT2D eigenvalue weighted by Crippen LogP contribution is 2.27. The van der Waals surface area contributed by atoms with Crippen LogP contribution in [0.4, 0.5) is 0 Å². The van der Waals surface area contributed by atoms with Crippen molar-refractivity contribution in [1.82, 2.24) is 9.62 Å². The van der Waals surface area contributed by atoms with Crippen LogP contribution in [0.2, 0.25) is 0 Å². The van der Waals surface area contributed by atoms with E-state index in [4.69, 9.17) is 0 Å². The van der Waals surface area contributed by atoms with Gasteiger partial charge in [-0.3, -0.25) is 4.90 Å². The second kappa shape index (κ2) is 7.78. The van der Waals surface area contributed by atoms with Crippen LogP contribution in [0, 0.1) is 5.92 Å². The van der Waals surface area contributed by atoms with Gasteiger partial charge in [-0.15, -0.1) is 11.3 Å². The predicted octanol–water partition coefficient (Wildman–Crippen LogP) is 3.50. The lowest BCUT2D eigenvalue weighted by atomic mass is 9.96. The molecule has 130 valence electrons. The van der Waals surface area contributed by atoms with Gasteiger partial charge in [0.2, 0.25) is 10.0 Å². The molecule has 2 aromatic rings. The highest BCUT2D eigenvalue weighted by molar-refractivity contribution is 7.91. The first-order valence-corrected chi connectivity index (χ1v) is 10.7. The molecule has 1 aliphatic rings. The summed E-state index contributed by atoms with van der Waals surface area (Å²) in [6.07, 6.45) is 2.34. The third kappa shape index (κ3) is 4.25. The van der Waals surface area contributed by atoms with E-state index in [2.05, 4.69) is 28.7 Å². The van der Waals surface area contributed by atoms with Crippen LogP contribution in [-0.4, -0.2) is 33.0 Å². The minimum absolute atomic E-state index is 0.0773. The lowest BCUT2D eigenvalue weighted by Gasteiger charge is -2.37. The molecule has 0 saturated carbocycles. The standard InChI is InChI=1S/C18H24N2O2S2/c1-15-9-11-20(12-10-15)17(16-6-3-2-4-7-16)14-19-24(21,22)18-8-5-13-23-18/h2-8,13,15,17,19H,9-12,14H2,1H3. The molecule has 1 unspecified atom stereocenters. The average molecular weight is 365 g/mol. The number of likely N-dealkylation sites (tertiary alicyclic amines) is 1. The zero-order chi connectivity index (χ0) is 17.0. The monoisotopic (exact) mass is 364 g/mol. The average Bonchev–Trinajstić information content (AvgIpc) is 3.13. The molecule has 1 aromatic heterocycles. The summed E-state index contributed by atoms with van der Waals surface area (Å²) in [5.74, 6) is 0.750. The van der Waals surface area contributed by atoms with Gasteiger partial charge in [0.1, 0.15) is 4.21 Å². The topological polar surface area (TPSA) is 49.4 Å². The number of hydrogen-bond acceptors (Lipinski definition) is 4. The Labute approximate surface area is 148 Å². The van der Waals surface area contributed by atoms with E-state index >= 15 is 0 Å². The Kier molecular flexibility index (Phi) is 5.71. The third-order valence-electron chi connectivity index (χ3n) is 4.67. The van der Waals surface area contributed by atoms with E-state index in [0.717, 1.165) is 19.0 Å². The van der Waals surface area contributed by atoms with Crippen molar-refractivity contribution < 1.29 is 8.42 Å². The van der Waals surface area contributed by atoms with Gasteiger partial charge in [0.15, 0.2) is 0 Å². The number of hydrogen-bond donors (Lipinski definition) is 1. The molecule has 24 heavy (non-hydrogen) atoms. The second-order valence-corrected chi connectivity index (χ2v) is 9.37. The summed E-state index contributed by atoms with van der Waals surface area (Å²) in [6.45, 7) is 4.72. The Morgan fingerprint density at radius 2 is 1.88 bits per heavy atom. The van der Waals surface area contributed by atoms with E-state index in [-0.39, 0.29) is 6.04 Å². The molecule has 1 aliphatic heterocycles. The predicted molar refractivity (Wildman–Crippen MR) is 98.7 cm³/mol. The van der Waals surface area contributed by atoms with Gasteiger partial charge in [0.05, 0.1) is 0 Å². The lowest BCUT2D eigenvalue weighted by Crippen LogP contribution is -2.41. The van der Waals surface area contributed by atoms with E-state index in [1.54, 1.807) is 17.5 Å². The van der Waals surface area contributed by atoms with Crippen molar-refractivity contribution in [2.75, 3.05) is 19.6 Å². The first-order chi connectivity index (χ1) is 11.6. The van der Waals surface area contributed by atoms with Crippen LogP contribution in [-0.2, 0) is 10.0 Å². The molecule has 1 aromatic carbocycles. The molecule has 0 radical (unpaired) electrons. The summed E-state index contributed by atoms with van der Waals surface area (Å²) in [5.41, 5.74) is 1.17. The van der Waals surface area contributed by atoms with Gasteiger partial charge < -0.3 is 0 Å². The number of rotatable bonds is 6. The Morgan fingerprint density at radius 1 is 1.17 bits per heavy atom. The summed E-state index contributed by atoms with van der Waals surface area (Å²) in [5, 5.41) is 1.79. The van der Waals surface area contributed by atoms with Crippen LogP contribution in [0.15, 0.2) is 52.1 Å². The molecule has 3 rings (SSSR count). The molecule has 0 spiro atoms. The van der Waals surface area contributed by atoms with E-state index < -0.39 is 10.0 Å². The molecule has 1 saturated heterocycles. The molecular weight excluding hydrogens is 340 g/mol. The van der Waals surface area contributed by atoms with Crippen molar-refractivity contribution in [3.63, 3.8) is 0 Å². The van der Waals surface area contributed by atoms with Crippen LogP contribution in [0.3, 0.4) is 0 Å². The van der Waals surface area contributed by atoms with Gasteiger partial charge in [-0.2, -0.15) is 0 Å². The van der Waals surface area contributed by atoms with Crippen LogP contribution in [0.1, 0.15) is 31.4 Å². The Morgan fingerprint density at radius 3 is 2.50 bits per heavy atom. The highest BCUT2D eigenvalue weighted by atomic mass is 32.2. The van der Waals surface area contributed by atoms with Gasteiger partial charge in [-0.25, -0.2) is 13.1 Å². The second-order valence-electron chi connectivity index (χ2n) is 6.43. The molecule has 0 amide bonds. The Balaban J connectivity index is 1.75. The minimum Gasteiger partial charge on any atom is -0.295 e. The summed E-state index contributed by atoms with van der Waals surface area (Å²) in [7, 11) is -3.43. The van der Waals surface area contributed by atoms with Gasteiger partial charge in [0, 0.05) is 12.6 Å². The van der Waals surface area contributed by atoms with Crippen molar-refractivity contribution in [3.05, 3.63) is 53.4 Å². The zero-order valence-corrected chi connectivity index (χ0v) is 15.5. The molecule has 1 atom stereocenters. The summed E-state index contributed by atoms with van der Waals surface area (Å²) < 4.78 is 28.1. The largest absolute Gasteiger partial charge is 0.295 e. The van der Waals surface area contributed by atoms with Gasteiger partial charge in [-0.1, -0.05) is 43.3 Å². The van der Waals surface area contributed by atoms with E-state index in [1.807, 2.05) is 18.2 Å². The van der Waals surface area contributed by atoms with Crippen molar-refractivity contribution in [3.8, 4) is 0 Å². The van der Waals surface area contributed by atoms with Crippen LogP contribution in [0.5, 0.6) is 0 Å². The van der Waals surface area contributed by atoms with Crippen LogP contribution in [0.25, 0.3) is 0 Å². The molecular formula is C18H24N2O2S2. The van der Waals surface area contributed by atoms with Crippen molar-refractivity contribution in [2.45, 2.75) is 30.0 Å². The first-order valence-electron chi connectivity index (χ1n) is 8.38. The van der Waals surface area contributed by atoms with Gasteiger partial charge >= 0.3 is 0 Å². The van der Waals surface area contributed by atoms with E-state index in [0.29, 0.717) is 10.8 Å². The number of nitrogens with one attached hydrogen (secondary N) is 1. The number of piperidine rings is 1. The molecule has 6 heteroatoms. The molecule has 2 heterocycles. The van der Waals surface area contributed by atoms with E-state index in [1.165, 1.54) is 29.7 Å². The summed E-state index contributed by atoms with van der Waals surface area (Å²) in [4.78, 5) is 2.41. The summed E-state index contributed by atoms with van der Waals surface area (Å²) in [6, 6.07) is 13.7. The Hall–Kier alpha value is -1.21. The number of thiophene rings is 1. The Bertz CT molecular complexity index is 722. The smallest absolute Gasteiger partial charge is 0.250 e. The maximum Gasteiger partial charge on any atom is 0.250 e. The fourth-order valence-electron chi connectivity index (χ4n) is 3.15. The van der Waals surface area contributed by atoms with Crippen LogP contribution >= 0.6 is 11.3 Å². The lowest BCUT2D eigenvalue weighted by molar-refractivity contribution is 0.139. The fraction of sp³-hybridized carbons (Fsp3) is 0.444. The fourth-order valence-corrected chi connectivity index (χ4v) is 5.23. The van der Waals surface area contributed by atoms with Crippen LogP contribution < -0.4 is 4.72 Å². The molecule has 1 N–H and O–H groups in total. The van der Waals surface area contributed by atoms with Crippen molar-refractivity contribution in [2.24, 2.45) is 5.92 Å². The molecule has 1 fully saturated rings. The zero-order valence-electron chi connectivity index (χ0n) is 13.9. The highest BCUT2D eigenvalue weighted by Gasteiger charge is 2.26. The minimum atomic E-state index is -3.43. The molecule has 4 nitrogen and oxygen atoms in total. The SMILES string of the molecule is CC1CCN(C(CNS(=O)(=O)c2cccs2)c2ccccc2)CC1. The van der Waals surface area contributed by atoms with Gasteiger partial charge in [-0.05, 0) is 48.9 Å². The summed E-state index contributed by atoms with van der Waals surface area (Å²) >= 11 is 1.25. The molecule has 0 bridgehead atoms.